The van der Waals surface area contributed by atoms with E-state index in [1.165, 1.54) is 5.56 Å². The summed E-state index contributed by atoms with van der Waals surface area (Å²) in [6.45, 7) is 0.911. The second-order valence-electron chi connectivity index (χ2n) is 3.05. The summed E-state index contributed by atoms with van der Waals surface area (Å²) < 4.78 is 0. The molecule has 0 aliphatic carbocycles. The molecule has 0 fully saturated rings. The smallest absolute Gasteiger partial charge is 0.248 e. The van der Waals surface area contributed by atoms with Gasteiger partial charge in [0.2, 0.25) is 0 Å². The third-order valence-electron chi connectivity index (χ3n) is 1.86. The first-order valence-corrected chi connectivity index (χ1v) is 4.04. The van der Waals surface area contributed by atoms with E-state index in [1.807, 2.05) is 32.3 Å². The maximum absolute atomic E-state index is 3.19. The minimum atomic E-state index is 0. The number of rotatable bonds is 3. The standard InChI is InChI=1S/C10H15N2.Li/c1-11(2)12(3)9-10-7-5-4-6-8-10;/h4-7H,9H2,1-3H3;/q-1;+1. The van der Waals surface area contributed by atoms with E-state index in [1.54, 1.807) is 0 Å². The molecule has 0 aliphatic heterocycles. The van der Waals surface area contributed by atoms with Crippen molar-refractivity contribution in [3.05, 3.63) is 35.9 Å². The van der Waals surface area contributed by atoms with Gasteiger partial charge in [0.15, 0.2) is 0 Å². The van der Waals surface area contributed by atoms with Crippen molar-refractivity contribution in [2.45, 2.75) is 6.54 Å². The van der Waals surface area contributed by atoms with Crippen LogP contribution in [0, 0.1) is 6.07 Å². The van der Waals surface area contributed by atoms with Gasteiger partial charge in [0.1, 0.15) is 0 Å². The number of nitrogens with zero attached hydrogens (tertiary/aromatic N) is 2. The molecule has 0 atom stereocenters. The van der Waals surface area contributed by atoms with E-state index in [9.17, 15) is 0 Å². The number of hydrogen-bond acceptors (Lipinski definition) is 2. The Morgan fingerprint density at radius 2 is 1.92 bits per heavy atom. The molecule has 0 N–H and O–H groups in total. The van der Waals surface area contributed by atoms with Crippen LogP contribution < -0.4 is 18.9 Å². The fourth-order valence-corrected chi connectivity index (χ4v) is 0.917. The van der Waals surface area contributed by atoms with E-state index < -0.39 is 0 Å². The molecule has 0 amide bonds. The Balaban J connectivity index is 0.00000144. The molecular formula is C10H15LiN2. The van der Waals surface area contributed by atoms with Crippen LogP contribution in [-0.2, 0) is 6.54 Å². The second-order valence-corrected chi connectivity index (χ2v) is 3.05. The third kappa shape index (κ3) is 4.49. The first kappa shape index (κ1) is 12.7. The largest absolute Gasteiger partial charge is 1.00 e. The Labute approximate surface area is 92.7 Å². The molecule has 0 saturated heterocycles. The molecule has 0 radical (unpaired) electrons. The molecule has 0 aliphatic rings. The van der Waals surface area contributed by atoms with Crippen LogP contribution in [0.25, 0.3) is 0 Å². The SMILES string of the molecule is CN(C)N(C)Cc1[c-]cccc1.[Li+]. The van der Waals surface area contributed by atoms with Crippen LogP contribution in [0.2, 0.25) is 0 Å². The molecule has 13 heavy (non-hydrogen) atoms. The van der Waals surface area contributed by atoms with Gasteiger partial charge in [-0.3, -0.25) is 0 Å². The molecule has 3 heteroatoms. The van der Waals surface area contributed by atoms with Crippen LogP contribution in [0.15, 0.2) is 24.3 Å². The maximum atomic E-state index is 3.19. The average molecular weight is 170 g/mol. The second kappa shape index (κ2) is 6.23. The van der Waals surface area contributed by atoms with Crippen molar-refractivity contribution in [2.24, 2.45) is 0 Å². The van der Waals surface area contributed by atoms with Crippen molar-refractivity contribution in [2.75, 3.05) is 21.1 Å². The van der Waals surface area contributed by atoms with Crippen LogP contribution in [0.5, 0.6) is 0 Å². The summed E-state index contributed by atoms with van der Waals surface area (Å²) in [5, 5.41) is 4.19. The van der Waals surface area contributed by atoms with E-state index in [4.69, 9.17) is 0 Å². The Kier molecular flexibility index (Phi) is 6.10. The molecule has 1 aromatic rings. The van der Waals surface area contributed by atoms with Gasteiger partial charge >= 0.3 is 18.9 Å². The van der Waals surface area contributed by atoms with Gasteiger partial charge in [0.25, 0.3) is 0 Å². The molecule has 66 valence electrons. The summed E-state index contributed by atoms with van der Waals surface area (Å²) >= 11 is 0. The first-order valence-electron chi connectivity index (χ1n) is 4.04. The quantitative estimate of drug-likeness (QED) is 0.306. The summed E-state index contributed by atoms with van der Waals surface area (Å²) in [5.74, 6) is 0. The average Bonchev–Trinajstić information content (AvgIpc) is 2.06. The summed E-state index contributed by atoms with van der Waals surface area (Å²) in [6, 6.07) is 11.2. The monoisotopic (exact) mass is 170 g/mol. The van der Waals surface area contributed by atoms with Crippen molar-refractivity contribution < 1.29 is 18.9 Å². The molecule has 2 nitrogen and oxygen atoms in total. The molecule has 0 saturated carbocycles. The van der Waals surface area contributed by atoms with E-state index >= 15 is 0 Å². The van der Waals surface area contributed by atoms with E-state index in [2.05, 4.69) is 29.2 Å². The minimum Gasteiger partial charge on any atom is -0.248 e. The molecule has 0 heterocycles. The van der Waals surface area contributed by atoms with Crippen molar-refractivity contribution in [1.82, 2.24) is 10.0 Å². The molecule has 0 spiro atoms. The Hall–Kier alpha value is -0.263. The van der Waals surface area contributed by atoms with Crippen molar-refractivity contribution in [1.29, 1.82) is 0 Å². The van der Waals surface area contributed by atoms with Crippen LogP contribution in [0.1, 0.15) is 5.56 Å². The molecule has 0 aromatic heterocycles. The first-order chi connectivity index (χ1) is 5.70. The Morgan fingerprint density at radius 3 is 2.38 bits per heavy atom. The number of hydrogen-bond donors (Lipinski definition) is 0. The number of benzene rings is 1. The zero-order valence-corrected chi connectivity index (χ0v) is 8.91. The van der Waals surface area contributed by atoms with Crippen LogP contribution in [0.4, 0.5) is 0 Å². The van der Waals surface area contributed by atoms with Gasteiger partial charge < -0.3 is 0 Å². The Bertz CT molecular complexity index is 224. The normalized spacial score (nSPS) is 10.2. The molecule has 1 aromatic carbocycles. The van der Waals surface area contributed by atoms with Gasteiger partial charge in [0.05, 0.1) is 0 Å². The molecule has 0 unspecified atom stereocenters. The molecular weight excluding hydrogens is 155 g/mol. The predicted molar refractivity (Wildman–Crippen MR) is 50.4 cm³/mol. The molecule has 0 bridgehead atoms. The predicted octanol–water partition coefficient (Wildman–Crippen LogP) is -1.60. The summed E-state index contributed by atoms with van der Waals surface area (Å²) in [6.07, 6.45) is 0. The van der Waals surface area contributed by atoms with Gasteiger partial charge in [-0.05, 0) is 0 Å². The van der Waals surface area contributed by atoms with Gasteiger partial charge in [-0.1, -0.05) is 0 Å². The van der Waals surface area contributed by atoms with Gasteiger partial charge in [-0.25, -0.2) is 10.0 Å². The van der Waals surface area contributed by atoms with E-state index in [0.717, 1.165) is 6.54 Å². The van der Waals surface area contributed by atoms with Gasteiger partial charge in [-0.15, -0.1) is 5.56 Å². The van der Waals surface area contributed by atoms with Crippen molar-refractivity contribution in [3.63, 3.8) is 0 Å². The van der Waals surface area contributed by atoms with Crippen molar-refractivity contribution >= 4 is 0 Å². The van der Waals surface area contributed by atoms with Crippen molar-refractivity contribution in [3.8, 4) is 0 Å². The zero-order valence-electron chi connectivity index (χ0n) is 8.91. The third-order valence-corrected chi connectivity index (χ3v) is 1.86. The van der Waals surface area contributed by atoms with Gasteiger partial charge in [-0.2, -0.15) is 30.3 Å². The fourth-order valence-electron chi connectivity index (χ4n) is 0.917. The topological polar surface area (TPSA) is 6.48 Å². The fraction of sp³-hybridized carbons (Fsp3) is 0.400. The Morgan fingerprint density at radius 1 is 1.23 bits per heavy atom. The van der Waals surface area contributed by atoms with Crippen LogP contribution in [-0.4, -0.2) is 31.2 Å². The van der Waals surface area contributed by atoms with Crippen LogP contribution in [0.3, 0.4) is 0 Å². The summed E-state index contributed by atoms with van der Waals surface area (Å²) in [7, 11) is 6.12. The van der Waals surface area contributed by atoms with Crippen LogP contribution >= 0.6 is 0 Å². The number of hydrazine groups is 1. The summed E-state index contributed by atoms with van der Waals surface area (Å²) in [4.78, 5) is 0. The molecule has 1 rings (SSSR count). The van der Waals surface area contributed by atoms with Gasteiger partial charge in [0, 0.05) is 27.7 Å². The maximum Gasteiger partial charge on any atom is 1.00 e. The minimum absolute atomic E-state index is 0. The van der Waals surface area contributed by atoms with E-state index in [-0.39, 0.29) is 18.9 Å². The zero-order chi connectivity index (χ0) is 8.97. The summed E-state index contributed by atoms with van der Waals surface area (Å²) in [5.41, 5.74) is 1.22. The van der Waals surface area contributed by atoms with E-state index in [0.29, 0.717) is 0 Å².